The Morgan fingerprint density at radius 3 is 2.69 bits per heavy atom. The Bertz CT molecular complexity index is 952. The quantitative estimate of drug-likeness (QED) is 0.379. The van der Waals surface area contributed by atoms with Crippen molar-refractivity contribution < 1.29 is 5.11 Å². The van der Waals surface area contributed by atoms with Crippen molar-refractivity contribution in [3.63, 3.8) is 0 Å². The first kappa shape index (κ1) is 19.9. The summed E-state index contributed by atoms with van der Waals surface area (Å²) >= 11 is 1.43. The fraction of sp³-hybridized carbons (Fsp3) is 0.381. The number of hydrogen-bond acceptors (Lipinski definition) is 8. The second kappa shape index (κ2) is 8.96. The van der Waals surface area contributed by atoms with Crippen molar-refractivity contribution in [2.45, 2.75) is 12.6 Å². The molecule has 0 bridgehead atoms. The fourth-order valence-electron chi connectivity index (χ4n) is 3.60. The summed E-state index contributed by atoms with van der Waals surface area (Å²) in [6.45, 7) is 4.84. The standard InChI is InChI=1S/C21H28N6OS/c1-23-17-7-6-16-18(22)19(29-21(16)26-17)20(28)25-9-8-14-2-4-15(5-3-14)27-12-10-24-11-13-27/h2-7,20,24-25,28H,8-13,22H2,1H3,(H,23,26). The number of nitrogens with two attached hydrogens (primary N) is 1. The molecule has 0 radical (unpaired) electrons. The fourth-order valence-corrected chi connectivity index (χ4v) is 4.65. The van der Waals surface area contributed by atoms with E-state index in [1.807, 2.05) is 19.2 Å². The molecule has 2 aromatic heterocycles. The van der Waals surface area contributed by atoms with Crippen LogP contribution in [-0.2, 0) is 6.42 Å². The SMILES string of the molecule is CNc1ccc2c(N)c(C(O)NCCc3ccc(N4CCNCC4)cc3)sc2n1. The molecule has 1 aliphatic rings. The van der Waals surface area contributed by atoms with Crippen molar-refractivity contribution >= 4 is 38.7 Å². The Morgan fingerprint density at radius 2 is 1.97 bits per heavy atom. The van der Waals surface area contributed by atoms with Crippen molar-refractivity contribution in [1.29, 1.82) is 0 Å². The monoisotopic (exact) mass is 412 g/mol. The molecule has 1 saturated heterocycles. The molecule has 1 atom stereocenters. The van der Waals surface area contributed by atoms with Crippen LogP contribution in [0.1, 0.15) is 16.7 Å². The zero-order valence-electron chi connectivity index (χ0n) is 16.6. The molecular weight excluding hydrogens is 384 g/mol. The van der Waals surface area contributed by atoms with Gasteiger partial charge in [0, 0.05) is 50.8 Å². The average molecular weight is 413 g/mol. The van der Waals surface area contributed by atoms with Crippen LogP contribution in [-0.4, -0.2) is 49.9 Å². The van der Waals surface area contributed by atoms with Crippen LogP contribution in [0.4, 0.5) is 17.2 Å². The number of nitrogen functional groups attached to an aromatic ring is 1. The first-order valence-corrected chi connectivity index (χ1v) is 10.8. The summed E-state index contributed by atoms with van der Waals surface area (Å²) in [5, 5.41) is 21.0. The van der Waals surface area contributed by atoms with Gasteiger partial charge in [-0.2, -0.15) is 0 Å². The van der Waals surface area contributed by atoms with E-state index < -0.39 is 6.23 Å². The zero-order valence-corrected chi connectivity index (χ0v) is 17.4. The number of benzene rings is 1. The maximum absolute atomic E-state index is 10.6. The number of aliphatic hydroxyl groups is 1. The van der Waals surface area contributed by atoms with Gasteiger partial charge in [-0.05, 0) is 36.2 Å². The molecule has 8 heteroatoms. The molecule has 0 saturated carbocycles. The number of piperazine rings is 1. The third kappa shape index (κ3) is 4.45. The summed E-state index contributed by atoms with van der Waals surface area (Å²) in [5.41, 5.74) is 9.36. The van der Waals surface area contributed by atoms with E-state index in [1.54, 1.807) is 0 Å². The Labute approximate surface area is 174 Å². The van der Waals surface area contributed by atoms with E-state index in [-0.39, 0.29) is 0 Å². The first-order valence-electron chi connectivity index (χ1n) is 9.98. The second-order valence-corrected chi connectivity index (χ2v) is 8.22. The van der Waals surface area contributed by atoms with E-state index in [1.165, 1.54) is 22.6 Å². The van der Waals surface area contributed by atoms with Gasteiger partial charge in [0.1, 0.15) is 16.9 Å². The second-order valence-electron chi connectivity index (χ2n) is 7.19. The summed E-state index contributed by atoms with van der Waals surface area (Å²) < 4.78 is 0. The molecule has 0 spiro atoms. The number of fused-ring (bicyclic) bond motifs is 1. The molecule has 4 rings (SSSR count). The Hall–Kier alpha value is -2.39. The minimum atomic E-state index is -0.799. The van der Waals surface area contributed by atoms with Gasteiger partial charge >= 0.3 is 0 Å². The topological polar surface area (TPSA) is 98.5 Å². The van der Waals surface area contributed by atoms with Gasteiger partial charge in [-0.1, -0.05) is 12.1 Å². The minimum absolute atomic E-state index is 0.598. The predicted molar refractivity (Wildman–Crippen MR) is 122 cm³/mol. The molecule has 3 heterocycles. The van der Waals surface area contributed by atoms with Crippen LogP contribution in [0.25, 0.3) is 10.2 Å². The molecule has 3 aromatic rings. The van der Waals surface area contributed by atoms with Crippen molar-refractivity contribution in [2.75, 3.05) is 55.7 Å². The lowest BCUT2D eigenvalue weighted by Gasteiger charge is -2.29. The zero-order chi connectivity index (χ0) is 20.2. The lowest BCUT2D eigenvalue weighted by molar-refractivity contribution is 0.144. The lowest BCUT2D eigenvalue weighted by Crippen LogP contribution is -2.43. The average Bonchev–Trinajstić information content (AvgIpc) is 3.10. The number of aromatic nitrogens is 1. The number of hydrogen-bond donors (Lipinski definition) is 5. The number of pyridine rings is 1. The molecule has 0 aliphatic carbocycles. The largest absolute Gasteiger partial charge is 0.397 e. The number of aliphatic hydroxyl groups excluding tert-OH is 1. The summed E-state index contributed by atoms with van der Waals surface area (Å²) in [5.74, 6) is 0.789. The van der Waals surface area contributed by atoms with E-state index in [2.05, 4.69) is 50.1 Å². The summed E-state index contributed by atoms with van der Waals surface area (Å²) in [7, 11) is 1.83. The summed E-state index contributed by atoms with van der Waals surface area (Å²) in [6.07, 6.45) is 0.0404. The van der Waals surface area contributed by atoms with Gasteiger partial charge in [-0.25, -0.2) is 4.98 Å². The van der Waals surface area contributed by atoms with Gasteiger partial charge in [0.25, 0.3) is 0 Å². The molecule has 7 nitrogen and oxygen atoms in total. The molecule has 0 amide bonds. The van der Waals surface area contributed by atoms with Gasteiger partial charge in [-0.15, -0.1) is 11.3 Å². The highest BCUT2D eigenvalue weighted by Crippen LogP contribution is 2.36. The number of thiophene rings is 1. The minimum Gasteiger partial charge on any atom is -0.397 e. The van der Waals surface area contributed by atoms with E-state index in [9.17, 15) is 5.11 Å². The summed E-state index contributed by atoms with van der Waals surface area (Å²) in [4.78, 5) is 8.46. The number of rotatable bonds is 7. The highest BCUT2D eigenvalue weighted by Gasteiger charge is 2.17. The van der Waals surface area contributed by atoms with E-state index in [4.69, 9.17) is 5.73 Å². The van der Waals surface area contributed by atoms with Gasteiger partial charge in [-0.3, -0.25) is 5.32 Å². The smallest absolute Gasteiger partial charge is 0.142 e. The predicted octanol–water partition coefficient (Wildman–Crippen LogP) is 2.15. The molecular formula is C21H28N6OS. The van der Waals surface area contributed by atoms with Crippen LogP contribution < -0.4 is 26.6 Å². The van der Waals surface area contributed by atoms with Gasteiger partial charge < -0.3 is 26.4 Å². The van der Waals surface area contributed by atoms with Crippen LogP contribution in [0, 0.1) is 0 Å². The van der Waals surface area contributed by atoms with Crippen LogP contribution in [0.2, 0.25) is 0 Å². The molecule has 1 aliphatic heterocycles. The van der Waals surface area contributed by atoms with Gasteiger partial charge in [0.15, 0.2) is 0 Å². The third-order valence-corrected chi connectivity index (χ3v) is 6.46. The Balaban J connectivity index is 1.34. The maximum atomic E-state index is 10.6. The van der Waals surface area contributed by atoms with Gasteiger partial charge in [0.2, 0.25) is 0 Å². The van der Waals surface area contributed by atoms with Crippen molar-refractivity contribution in [2.24, 2.45) is 0 Å². The highest BCUT2D eigenvalue weighted by atomic mass is 32.1. The van der Waals surface area contributed by atoms with Crippen LogP contribution >= 0.6 is 11.3 Å². The maximum Gasteiger partial charge on any atom is 0.142 e. The Morgan fingerprint density at radius 1 is 1.21 bits per heavy atom. The molecule has 1 unspecified atom stereocenters. The molecule has 154 valence electrons. The van der Waals surface area contributed by atoms with Gasteiger partial charge in [0.05, 0.1) is 10.6 Å². The highest BCUT2D eigenvalue weighted by molar-refractivity contribution is 7.19. The third-order valence-electron chi connectivity index (χ3n) is 5.30. The Kier molecular flexibility index (Phi) is 6.15. The van der Waals surface area contributed by atoms with E-state index in [0.29, 0.717) is 12.2 Å². The van der Waals surface area contributed by atoms with Crippen LogP contribution in [0.5, 0.6) is 0 Å². The molecule has 1 aromatic carbocycles. The summed E-state index contributed by atoms with van der Waals surface area (Å²) in [6, 6.07) is 12.5. The molecule has 1 fully saturated rings. The normalized spacial score (nSPS) is 15.6. The number of anilines is 3. The van der Waals surface area contributed by atoms with E-state index >= 15 is 0 Å². The number of nitrogens with zero attached hydrogens (tertiary/aromatic N) is 2. The van der Waals surface area contributed by atoms with Crippen LogP contribution in [0.3, 0.4) is 0 Å². The van der Waals surface area contributed by atoms with Crippen molar-refractivity contribution in [3.05, 3.63) is 46.8 Å². The van der Waals surface area contributed by atoms with E-state index in [0.717, 1.165) is 53.5 Å². The molecule has 6 N–H and O–H groups in total. The lowest BCUT2D eigenvalue weighted by atomic mass is 10.1. The van der Waals surface area contributed by atoms with Crippen LogP contribution in [0.15, 0.2) is 36.4 Å². The van der Waals surface area contributed by atoms with Crippen molar-refractivity contribution in [1.82, 2.24) is 15.6 Å². The van der Waals surface area contributed by atoms with Crippen molar-refractivity contribution in [3.8, 4) is 0 Å². The first-order chi connectivity index (χ1) is 14.2. The number of nitrogens with one attached hydrogen (secondary N) is 3. The molecule has 29 heavy (non-hydrogen) atoms.